The van der Waals surface area contributed by atoms with Gasteiger partial charge in [0.15, 0.2) is 0 Å². The molecule has 1 aromatic carbocycles. The molecule has 0 aliphatic carbocycles. The molecule has 6 heteroatoms. The Balaban J connectivity index is 1.97. The standard InChI is InChI=1S/C17H18O6/c1-17(2,20)8-10(18)9-22-16-11-3-4-15(19)23-14(11)7-13-12(16)5-6-21-13/h3-7,10,18,20H,8-9H2,1-2H3. The molecule has 2 heterocycles. The van der Waals surface area contributed by atoms with Crippen molar-refractivity contribution < 1.29 is 23.8 Å². The lowest BCUT2D eigenvalue weighted by Gasteiger charge is -2.21. The Morgan fingerprint density at radius 3 is 2.70 bits per heavy atom. The van der Waals surface area contributed by atoms with Gasteiger partial charge in [-0.1, -0.05) is 0 Å². The minimum absolute atomic E-state index is 0.00249. The minimum atomic E-state index is -0.987. The predicted molar refractivity (Wildman–Crippen MR) is 84.7 cm³/mol. The molecule has 3 aromatic rings. The molecule has 0 saturated heterocycles. The molecule has 0 amide bonds. The molecule has 0 saturated carbocycles. The summed E-state index contributed by atoms with van der Waals surface area (Å²) < 4.78 is 16.3. The van der Waals surface area contributed by atoms with E-state index in [0.717, 1.165) is 5.39 Å². The van der Waals surface area contributed by atoms with Crippen molar-refractivity contribution in [2.24, 2.45) is 0 Å². The summed E-state index contributed by atoms with van der Waals surface area (Å²) in [6.07, 6.45) is 0.867. The fraction of sp³-hybridized carbons (Fsp3) is 0.353. The van der Waals surface area contributed by atoms with Crippen LogP contribution >= 0.6 is 0 Å². The second-order valence-electron chi connectivity index (χ2n) is 6.19. The van der Waals surface area contributed by atoms with E-state index in [-0.39, 0.29) is 13.0 Å². The van der Waals surface area contributed by atoms with E-state index in [1.54, 1.807) is 32.0 Å². The Hall–Kier alpha value is -2.31. The molecule has 1 atom stereocenters. The van der Waals surface area contributed by atoms with E-state index in [4.69, 9.17) is 13.6 Å². The van der Waals surface area contributed by atoms with Crippen LogP contribution < -0.4 is 10.4 Å². The molecule has 23 heavy (non-hydrogen) atoms. The molecule has 1 unspecified atom stereocenters. The first-order valence-electron chi connectivity index (χ1n) is 7.31. The van der Waals surface area contributed by atoms with Crippen molar-refractivity contribution >= 4 is 21.9 Å². The molecule has 0 aliphatic heterocycles. The fourth-order valence-corrected chi connectivity index (χ4v) is 2.58. The third-order valence-electron chi connectivity index (χ3n) is 3.46. The van der Waals surface area contributed by atoms with Gasteiger partial charge in [0.1, 0.15) is 23.5 Å². The maximum Gasteiger partial charge on any atom is 0.336 e. The van der Waals surface area contributed by atoms with E-state index in [0.29, 0.717) is 22.3 Å². The lowest BCUT2D eigenvalue weighted by Crippen LogP contribution is -2.30. The van der Waals surface area contributed by atoms with E-state index in [2.05, 4.69) is 0 Å². The second kappa shape index (κ2) is 5.72. The second-order valence-corrected chi connectivity index (χ2v) is 6.19. The molecule has 0 spiro atoms. The van der Waals surface area contributed by atoms with Crippen molar-refractivity contribution in [2.75, 3.05) is 6.61 Å². The number of rotatable bonds is 5. The van der Waals surface area contributed by atoms with E-state index < -0.39 is 17.3 Å². The van der Waals surface area contributed by atoms with Gasteiger partial charge in [-0.2, -0.15) is 0 Å². The molecular formula is C17H18O6. The van der Waals surface area contributed by atoms with Crippen LogP contribution in [0.25, 0.3) is 21.9 Å². The highest BCUT2D eigenvalue weighted by molar-refractivity contribution is 6.01. The van der Waals surface area contributed by atoms with Crippen LogP contribution in [-0.4, -0.2) is 28.5 Å². The van der Waals surface area contributed by atoms with Crippen LogP contribution in [-0.2, 0) is 0 Å². The van der Waals surface area contributed by atoms with Gasteiger partial charge in [0, 0.05) is 18.6 Å². The van der Waals surface area contributed by atoms with Gasteiger partial charge in [-0.05, 0) is 26.0 Å². The summed E-state index contributed by atoms with van der Waals surface area (Å²) in [6, 6.07) is 6.31. The third-order valence-corrected chi connectivity index (χ3v) is 3.46. The largest absolute Gasteiger partial charge is 0.489 e. The van der Waals surface area contributed by atoms with Gasteiger partial charge in [0.05, 0.1) is 28.7 Å². The normalized spacial score (nSPS) is 13.6. The van der Waals surface area contributed by atoms with Gasteiger partial charge >= 0.3 is 5.63 Å². The van der Waals surface area contributed by atoms with Crippen LogP contribution in [0, 0.1) is 0 Å². The maximum absolute atomic E-state index is 11.4. The Kier molecular flexibility index (Phi) is 3.87. The number of fused-ring (bicyclic) bond motifs is 2. The SMILES string of the molecule is CC(C)(O)CC(O)COc1c2ccoc2cc2oc(=O)ccc12. The lowest BCUT2D eigenvalue weighted by atomic mass is 10.0. The summed E-state index contributed by atoms with van der Waals surface area (Å²) in [6.45, 7) is 3.25. The van der Waals surface area contributed by atoms with E-state index in [1.165, 1.54) is 12.3 Å². The summed E-state index contributed by atoms with van der Waals surface area (Å²) >= 11 is 0. The molecule has 122 valence electrons. The van der Waals surface area contributed by atoms with E-state index in [9.17, 15) is 15.0 Å². The molecule has 2 aromatic heterocycles. The average Bonchev–Trinajstić information content (AvgIpc) is 2.89. The molecule has 2 N–H and O–H groups in total. The summed E-state index contributed by atoms with van der Waals surface area (Å²) in [7, 11) is 0. The highest BCUT2D eigenvalue weighted by Crippen LogP contribution is 2.35. The summed E-state index contributed by atoms with van der Waals surface area (Å²) in [5.74, 6) is 0.477. The number of benzene rings is 1. The summed E-state index contributed by atoms with van der Waals surface area (Å²) in [5.41, 5.74) is -0.568. The highest BCUT2D eigenvalue weighted by atomic mass is 16.5. The van der Waals surface area contributed by atoms with Crippen LogP contribution in [0.2, 0.25) is 0 Å². The summed E-state index contributed by atoms with van der Waals surface area (Å²) in [5, 5.41) is 21.1. The van der Waals surface area contributed by atoms with Crippen LogP contribution in [0.15, 0.2) is 44.2 Å². The van der Waals surface area contributed by atoms with Gasteiger partial charge < -0.3 is 23.8 Å². The van der Waals surface area contributed by atoms with Crippen molar-refractivity contribution in [1.29, 1.82) is 0 Å². The molecular weight excluding hydrogens is 300 g/mol. The number of aliphatic hydroxyl groups excluding tert-OH is 1. The smallest absolute Gasteiger partial charge is 0.336 e. The first-order chi connectivity index (χ1) is 10.8. The Morgan fingerprint density at radius 1 is 1.22 bits per heavy atom. The van der Waals surface area contributed by atoms with Crippen LogP contribution in [0.5, 0.6) is 5.75 Å². The highest BCUT2D eigenvalue weighted by Gasteiger charge is 2.20. The van der Waals surface area contributed by atoms with Crippen molar-refractivity contribution in [3.63, 3.8) is 0 Å². The van der Waals surface area contributed by atoms with Gasteiger partial charge in [0.25, 0.3) is 0 Å². The lowest BCUT2D eigenvalue weighted by molar-refractivity contribution is 0.00220. The monoisotopic (exact) mass is 318 g/mol. The van der Waals surface area contributed by atoms with Gasteiger partial charge in [-0.25, -0.2) is 4.79 Å². The maximum atomic E-state index is 11.4. The Labute approximate surface area is 131 Å². The number of ether oxygens (including phenoxy) is 1. The molecule has 6 nitrogen and oxygen atoms in total. The van der Waals surface area contributed by atoms with Gasteiger partial charge in [0.2, 0.25) is 0 Å². The van der Waals surface area contributed by atoms with Crippen molar-refractivity contribution in [1.82, 2.24) is 0 Å². The zero-order valence-electron chi connectivity index (χ0n) is 12.9. The zero-order valence-corrected chi connectivity index (χ0v) is 12.9. The number of hydrogen-bond donors (Lipinski definition) is 2. The van der Waals surface area contributed by atoms with Crippen molar-refractivity contribution in [3.8, 4) is 5.75 Å². The quantitative estimate of drug-likeness (QED) is 0.702. The number of aliphatic hydroxyl groups is 2. The molecule has 3 rings (SSSR count). The van der Waals surface area contributed by atoms with Crippen molar-refractivity contribution in [2.45, 2.75) is 32.0 Å². The number of hydrogen-bond acceptors (Lipinski definition) is 6. The van der Waals surface area contributed by atoms with Crippen LogP contribution in [0.3, 0.4) is 0 Å². The Bertz CT molecular complexity index is 883. The first kappa shape index (κ1) is 15.6. The van der Waals surface area contributed by atoms with Gasteiger partial charge in [-0.3, -0.25) is 0 Å². The first-order valence-corrected chi connectivity index (χ1v) is 7.31. The van der Waals surface area contributed by atoms with E-state index in [1.807, 2.05) is 0 Å². The topological polar surface area (TPSA) is 93.0 Å². The Morgan fingerprint density at radius 2 is 1.96 bits per heavy atom. The molecule has 0 aliphatic rings. The van der Waals surface area contributed by atoms with E-state index >= 15 is 0 Å². The number of furan rings is 1. The van der Waals surface area contributed by atoms with Crippen LogP contribution in [0.4, 0.5) is 0 Å². The van der Waals surface area contributed by atoms with Crippen LogP contribution in [0.1, 0.15) is 20.3 Å². The van der Waals surface area contributed by atoms with Crippen molar-refractivity contribution in [3.05, 3.63) is 40.9 Å². The minimum Gasteiger partial charge on any atom is -0.489 e. The average molecular weight is 318 g/mol. The molecule has 0 bridgehead atoms. The van der Waals surface area contributed by atoms with Gasteiger partial charge in [-0.15, -0.1) is 0 Å². The predicted octanol–water partition coefficient (Wildman–Crippen LogP) is 2.44. The molecule has 0 fully saturated rings. The third kappa shape index (κ3) is 3.38. The zero-order chi connectivity index (χ0) is 16.6. The fourth-order valence-electron chi connectivity index (χ4n) is 2.58. The molecule has 0 radical (unpaired) electrons. The summed E-state index contributed by atoms with van der Waals surface area (Å²) in [4.78, 5) is 11.4.